The van der Waals surface area contributed by atoms with Gasteiger partial charge in [0, 0.05) is 23.7 Å². The normalized spacial score (nSPS) is 11.6. The van der Waals surface area contributed by atoms with Crippen LogP contribution in [0.25, 0.3) is 10.9 Å². The van der Waals surface area contributed by atoms with Gasteiger partial charge in [-0.05, 0) is 17.9 Å². The predicted octanol–water partition coefficient (Wildman–Crippen LogP) is 3.17. The fourth-order valence-corrected chi connectivity index (χ4v) is 1.81. The quantitative estimate of drug-likeness (QED) is 0.861. The Hall–Kier alpha value is -1.64. The van der Waals surface area contributed by atoms with Crippen molar-refractivity contribution in [3.8, 4) is 0 Å². The van der Waals surface area contributed by atoms with Crippen LogP contribution in [0.4, 0.5) is 0 Å². The molecular weight excluding hydrogens is 212 g/mol. The molecule has 0 aliphatic rings. The van der Waals surface area contributed by atoms with Gasteiger partial charge in [0.2, 0.25) is 0 Å². The molecule has 3 heteroatoms. The number of hydrogen-bond donors (Lipinski definition) is 1. The van der Waals surface area contributed by atoms with Gasteiger partial charge in [-0.25, -0.2) is 0 Å². The maximum absolute atomic E-state index is 11.9. The fraction of sp³-hybridized carbons (Fsp3) is 0.429. The third kappa shape index (κ3) is 2.23. The zero-order chi connectivity index (χ0) is 12.6. The lowest BCUT2D eigenvalue weighted by molar-refractivity contribution is 0.817. The maximum atomic E-state index is 11.9. The number of rotatable bonds is 2. The summed E-state index contributed by atoms with van der Waals surface area (Å²) in [5.74, 6) is 0.688. The van der Waals surface area contributed by atoms with Crippen molar-refractivity contribution in [3.05, 3.63) is 39.9 Å². The second kappa shape index (κ2) is 4.32. The largest absolute Gasteiger partial charge is 0.358 e. The molecule has 0 unspecified atom stereocenters. The molecule has 2 rings (SSSR count). The monoisotopic (exact) mass is 230 g/mol. The van der Waals surface area contributed by atoms with Gasteiger partial charge in [-0.1, -0.05) is 27.7 Å². The summed E-state index contributed by atoms with van der Waals surface area (Å²) in [6, 6.07) is 3.65. The van der Waals surface area contributed by atoms with Gasteiger partial charge in [-0.2, -0.15) is 0 Å². The van der Waals surface area contributed by atoms with Crippen molar-refractivity contribution in [2.45, 2.75) is 39.5 Å². The highest BCUT2D eigenvalue weighted by molar-refractivity contribution is 5.78. The number of aromatic nitrogens is 2. The van der Waals surface area contributed by atoms with E-state index in [4.69, 9.17) is 0 Å². The van der Waals surface area contributed by atoms with E-state index in [1.165, 1.54) is 0 Å². The van der Waals surface area contributed by atoms with E-state index >= 15 is 0 Å². The molecule has 0 saturated heterocycles. The SMILES string of the molecule is CC(C)c1cc2[nH]c(C(C)C)cc(=O)c2cn1. The summed E-state index contributed by atoms with van der Waals surface area (Å²) in [7, 11) is 0. The van der Waals surface area contributed by atoms with E-state index in [0.717, 1.165) is 16.9 Å². The van der Waals surface area contributed by atoms with Gasteiger partial charge < -0.3 is 4.98 Å². The van der Waals surface area contributed by atoms with Gasteiger partial charge in [0.15, 0.2) is 5.43 Å². The number of hydrogen-bond acceptors (Lipinski definition) is 2. The van der Waals surface area contributed by atoms with Crippen molar-refractivity contribution < 1.29 is 0 Å². The van der Waals surface area contributed by atoms with Crippen LogP contribution in [0.5, 0.6) is 0 Å². The minimum absolute atomic E-state index is 0.0465. The number of pyridine rings is 2. The van der Waals surface area contributed by atoms with Gasteiger partial charge in [-0.3, -0.25) is 9.78 Å². The summed E-state index contributed by atoms with van der Waals surface area (Å²) in [6.45, 7) is 8.33. The highest BCUT2D eigenvalue weighted by Crippen LogP contribution is 2.17. The van der Waals surface area contributed by atoms with Crippen LogP contribution in [0.1, 0.15) is 50.9 Å². The lowest BCUT2D eigenvalue weighted by atomic mass is 10.1. The molecule has 3 nitrogen and oxygen atoms in total. The molecule has 0 spiro atoms. The van der Waals surface area contributed by atoms with E-state index in [1.54, 1.807) is 12.3 Å². The number of nitrogens with one attached hydrogen (secondary N) is 1. The van der Waals surface area contributed by atoms with Gasteiger partial charge in [0.25, 0.3) is 0 Å². The van der Waals surface area contributed by atoms with Crippen molar-refractivity contribution in [2.75, 3.05) is 0 Å². The number of fused-ring (bicyclic) bond motifs is 1. The first-order valence-corrected chi connectivity index (χ1v) is 6.02. The van der Waals surface area contributed by atoms with Crippen molar-refractivity contribution in [3.63, 3.8) is 0 Å². The molecule has 0 bridgehead atoms. The second-order valence-electron chi connectivity index (χ2n) is 5.05. The first kappa shape index (κ1) is 11.8. The fourth-order valence-electron chi connectivity index (χ4n) is 1.81. The molecule has 17 heavy (non-hydrogen) atoms. The number of H-pyrrole nitrogens is 1. The Bertz CT molecular complexity index is 591. The zero-order valence-electron chi connectivity index (χ0n) is 10.7. The lowest BCUT2D eigenvalue weighted by Gasteiger charge is -2.09. The molecule has 0 fully saturated rings. The second-order valence-corrected chi connectivity index (χ2v) is 5.05. The van der Waals surface area contributed by atoms with Crippen LogP contribution in [0.2, 0.25) is 0 Å². The number of aromatic amines is 1. The molecule has 0 aliphatic carbocycles. The molecule has 0 aromatic carbocycles. The molecule has 2 aromatic rings. The van der Waals surface area contributed by atoms with Crippen LogP contribution in [0.15, 0.2) is 23.1 Å². The van der Waals surface area contributed by atoms with E-state index < -0.39 is 0 Å². The van der Waals surface area contributed by atoms with Gasteiger partial charge in [0.05, 0.1) is 10.9 Å². The molecule has 90 valence electrons. The van der Waals surface area contributed by atoms with Crippen LogP contribution >= 0.6 is 0 Å². The minimum Gasteiger partial charge on any atom is -0.358 e. The van der Waals surface area contributed by atoms with Gasteiger partial charge >= 0.3 is 0 Å². The molecule has 2 aromatic heterocycles. The summed E-state index contributed by atoms with van der Waals surface area (Å²) < 4.78 is 0. The van der Waals surface area contributed by atoms with E-state index in [0.29, 0.717) is 17.2 Å². The molecule has 0 radical (unpaired) electrons. The molecule has 1 N–H and O–H groups in total. The highest BCUT2D eigenvalue weighted by atomic mass is 16.1. The van der Waals surface area contributed by atoms with Crippen LogP contribution in [0, 0.1) is 0 Å². The average molecular weight is 230 g/mol. The van der Waals surface area contributed by atoms with Gasteiger partial charge in [-0.15, -0.1) is 0 Å². The van der Waals surface area contributed by atoms with Crippen LogP contribution in [-0.2, 0) is 0 Å². The lowest BCUT2D eigenvalue weighted by Crippen LogP contribution is -2.07. The maximum Gasteiger partial charge on any atom is 0.191 e. The smallest absolute Gasteiger partial charge is 0.191 e. The predicted molar refractivity (Wildman–Crippen MR) is 70.5 cm³/mol. The molecule has 0 aliphatic heterocycles. The summed E-state index contributed by atoms with van der Waals surface area (Å²) in [6.07, 6.45) is 1.67. The molecule has 0 amide bonds. The average Bonchev–Trinajstić information content (AvgIpc) is 2.27. The topological polar surface area (TPSA) is 45.8 Å². The first-order chi connectivity index (χ1) is 7.99. The van der Waals surface area contributed by atoms with E-state index in [9.17, 15) is 4.79 Å². The molecule has 2 heterocycles. The Kier molecular flexibility index (Phi) is 3.01. The summed E-state index contributed by atoms with van der Waals surface area (Å²) in [4.78, 5) is 19.6. The first-order valence-electron chi connectivity index (χ1n) is 6.02. The molecular formula is C14H18N2O. The highest BCUT2D eigenvalue weighted by Gasteiger charge is 2.08. The van der Waals surface area contributed by atoms with Crippen molar-refractivity contribution in [1.29, 1.82) is 0 Å². The van der Waals surface area contributed by atoms with E-state index in [1.807, 2.05) is 6.07 Å². The van der Waals surface area contributed by atoms with Crippen molar-refractivity contribution >= 4 is 10.9 Å². The van der Waals surface area contributed by atoms with E-state index in [2.05, 4.69) is 37.7 Å². The number of nitrogens with zero attached hydrogens (tertiary/aromatic N) is 1. The standard InChI is InChI=1S/C14H18N2O/c1-8(2)11-5-13-10(7-15-11)14(17)6-12(16-13)9(3)4/h5-9H,1-4H3,(H,16,17). The zero-order valence-corrected chi connectivity index (χ0v) is 10.7. The van der Waals surface area contributed by atoms with Crippen LogP contribution < -0.4 is 5.43 Å². The van der Waals surface area contributed by atoms with Gasteiger partial charge in [0.1, 0.15) is 0 Å². The van der Waals surface area contributed by atoms with E-state index in [-0.39, 0.29) is 5.43 Å². The summed E-state index contributed by atoms with van der Waals surface area (Å²) >= 11 is 0. The third-order valence-electron chi connectivity index (χ3n) is 2.97. The van der Waals surface area contributed by atoms with Crippen LogP contribution in [0.3, 0.4) is 0 Å². The Morgan fingerprint density at radius 1 is 1.12 bits per heavy atom. The summed E-state index contributed by atoms with van der Waals surface area (Å²) in [5, 5.41) is 0.666. The summed E-state index contributed by atoms with van der Waals surface area (Å²) in [5.41, 5.74) is 2.92. The van der Waals surface area contributed by atoms with Crippen molar-refractivity contribution in [2.24, 2.45) is 0 Å². The Balaban J connectivity index is 2.71. The minimum atomic E-state index is 0.0465. The molecule has 0 atom stereocenters. The Morgan fingerprint density at radius 3 is 2.41 bits per heavy atom. The van der Waals surface area contributed by atoms with Crippen LogP contribution in [-0.4, -0.2) is 9.97 Å². The third-order valence-corrected chi connectivity index (χ3v) is 2.97. The Labute approximate surface area is 101 Å². The van der Waals surface area contributed by atoms with Crippen molar-refractivity contribution in [1.82, 2.24) is 9.97 Å². The Morgan fingerprint density at radius 2 is 1.82 bits per heavy atom. The molecule has 0 saturated carbocycles.